The number of hydrogen-bond donors (Lipinski definition) is 2. The Balaban J connectivity index is 2.01. The van der Waals surface area contributed by atoms with Crippen molar-refractivity contribution >= 4 is 28.8 Å². The Hall–Kier alpha value is -1.56. The van der Waals surface area contributed by atoms with E-state index in [1.807, 2.05) is 10.3 Å². The number of anilines is 1. The third-order valence-electron chi connectivity index (χ3n) is 3.63. The summed E-state index contributed by atoms with van der Waals surface area (Å²) in [5.41, 5.74) is 6.40. The molecule has 1 unspecified atom stereocenters. The van der Waals surface area contributed by atoms with Crippen LogP contribution in [0.15, 0.2) is 11.4 Å². The maximum Gasteiger partial charge on any atom is 0.266 e. The molecule has 6 heteroatoms. The van der Waals surface area contributed by atoms with Crippen LogP contribution in [0.1, 0.15) is 42.3 Å². The van der Waals surface area contributed by atoms with E-state index < -0.39 is 0 Å². The number of nitrogens with zero attached hydrogens (tertiary/aromatic N) is 1. The van der Waals surface area contributed by atoms with Gasteiger partial charge in [0.25, 0.3) is 5.91 Å². The molecule has 1 fully saturated rings. The number of likely N-dealkylation sites (tertiary alicyclic amines) is 1. The summed E-state index contributed by atoms with van der Waals surface area (Å²) in [7, 11) is 0. The molecule has 1 aliphatic heterocycles. The average molecular weight is 295 g/mol. The van der Waals surface area contributed by atoms with Gasteiger partial charge in [0.2, 0.25) is 5.91 Å². The van der Waals surface area contributed by atoms with E-state index in [0.717, 1.165) is 32.2 Å². The average Bonchev–Trinajstić information content (AvgIpc) is 2.84. The normalized spacial score (nSPS) is 18.9. The van der Waals surface area contributed by atoms with Crippen LogP contribution in [-0.2, 0) is 4.79 Å². The second-order valence-corrected chi connectivity index (χ2v) is 6.04. The molecule has 1 aromatic heterocycles. The van der Waals surface area contributed by atoms with Crippen molar-refractivity contribution in [2.75, 3.05) is 18.8 Å². The van der Waals surface area contributed by atoms with Crippen molar-refractivity contribution in [3.8, 4) is 0 Å². The first-order valence-corrected chi connectivity index (χ1v) is 7.86. The maximum atomic E-state index is 12.6. The smallest absolute Gasteiger partial charge is 0.266 e. The number of carbonyl (C=O) groups is 2. The number of carbonyl (C=O) groups excluding carboxylic acids is 2. The van der Waals surface area contributed by atoms with E-state index in [-0.39, 0.29) is 17.9 Å². The third kappa shape index (κ3) is 3.50. The molecule has 0 bridgehead atoms. The first-order valence-electron chi connectivity index (χ1n) is 6.98. The van der Waals surface area contributed by atoms with Crippen LogP contribution in [0.4, 0.5) is 5.69 Å². The molecule has 110 valence electrons. The Morgan fingerprint density at radius 3 is 2.95 bits per heavy atom. The molecule has 0 aromatic carbocycles. The number of rotatable bonds is 4. The van der Waals surface area contributed by atoms with Crippen molar-refractivity contribution in [3.05, 3.63) is 16.3 Å². The van der Waals surface area contributed by atoms with E-state index in [1.54, 1.807) is 6.07 Å². The first kappa shape index (κ1) is 14.8. The van der Waals surface area contributed by atoms with E-state index in [1.165, 1.54) is 18.3 Å². The molecule has 1 atom stereocenters. The van der Waals surface area contributed by atoms with Crippen molar-refractivity contribution < 1.29 is 9.59 Å². The molecule has 0 spiro atoms. The van der Waals surface area contributed by atoms with Gasteiger partial charge in [0.05, 0.1) is 5.69 Å². The molecule has 0 saturated carbocycles. The number of nitrogens with one attached hydrogen (secondary N) is 1. The lowest BCUT2D eigenvalue weighted by Crippen LogP contribution is -2.45. The van der Waals surface area contributed by atoms with Crippen molar-refractivity contribution in [3.63, 3.8) is 0 Å². The van der Waals surface area contributed by atoms with Crippen LogP contribution in [0.5, 0.6) is 0 Å². The quantitative estimate of drug-likeness (QED) is 0.890. The standard InChI is InChI=1S/C14H21N3O2S/c1-10(18)16-7-5-11-4-2-3-8-17(11)14(19)13-12(15)6-9-20-13/h6,9,11H,2-5,7-8,15H2,1H3,(H,16,18). The highest BCUT2D eigenvalue weighted by Crippen LogP contribution is 2.26. The SMILES string of the molecule is CC(=O)NCCC1CCCCN1C(=O)c1sccc1N. The van der Waals surface area contributed by atoms with Gasteiger partial charge in [0, 0.05) is 26.1 Å². The molecule has 1 saturated heterocycles. The van der Waals surface area contributed by atoms with Crippen LogP contribution >= 0.6 is 11.3 Å². The fourth-order valence-corrected chi connectivity index (χ4v) is 3.38. The van der Waals surface area contributed by atoms with Crippen LogP contribution in [-0.4, -0.2) is 35.8 Å². The largest absolute Gasteiger partial charge is 0.397 e. The van der Waals surface area contributed by atoms with Gasteiger partial charge in [0.1, 0.15) is 4.88 Å². The van der Waals surface area contributed by atoms with Gasteiger partial charge in [-0.1, -0.05) is 0 Å². The molecule has 20 heavy (non-hydrogen) atoms. The zero-order chi connectivity index (χ0) is 14.5. The van der Waals surface area contributed by atoms with Gasteiger partial charge in [-0.3, -0.25) is 9.59 Å². The maximum absolute atomic E-state index is 12.6. The van der Waals surface area contributed by atoms with E-state index in [4.69, 9.17) is 5.73 Å². The lowest BCUT2D eigenvalue weighted by atomic mass is 9.99. The zero-order valence-electron chi connectivity index (χ0n) is 11.7. The van der Waals surface area contributed by atoms with Crippen LogP contribution in [0, 0.1) is 0 Å². The van der Waals surface area contributed by atoms with Gasteiger partial charge in [-0.2, -0.15) is 0 Å². The van der Waals surface area contributed by atoms with Crippen LogP contribution < -0.4 is 11.1 Å². The molecule has 0 aliphatic carbocycles. The Bertz CT molecular complexity index is 487. The van der Waals surface area contributed by atoms with Crippen molar-refractivity contribution in [1.82, 2.24) is 10.2 Å². The number of thiophene rings is 1. The van der Waals surface area contributed by atoms with Crippen molar-refractivity contribution in [2.24, 2.45) is 0 Å². The Labute approximate surface area is 123 Å². The molecule has 2 amide bonds. The van der Waals surface area contributed by atoms with Gasteiger partial charge in [-0.05, 0) is 37.1 Å². The van der Waals surface area contributed by atoms with E-state index >= 15 is 0 Å². The van der Waals surface area contributed by atoms with Gasteiger partial charge < -0.3 is 16.0 Å². The highest BCUT2D eigenvalue weighted by molar-refractivity contribution is 7.12. The van der Waals surface area contributed by atoms with Gasteiger partial charge >= 0.3 is 0 Å². The zero-order valence-corrected chi connectivity index (χ0v) is 12.5. The second-order valence-electron chi connectivity index (χ2n) is 5.12. The minimum atomic E-state index is -0.0267. The minimum absolute atomic E-state index is 0.0267. The van der Waals surface area contributed by atoms with Crippen LogP contribution in [0.3, 0.4) is 0 Å². The molecule has 0 radical (unpaired) electrons. The lowest BCUT2D eigenvalue weighted by molar-refractivity contribution is -0.119. The summed E-state index contributed by atoms with van der Waals surface area (Å²) in [6.07, 6.45) is 3.97. The molecule has 3 N–H and O–H groups in total. The third-order valence-corrected chi connectivity index (χ3v) is 4.55. The summed E-state index contributed by atoms with van der Waals surface area (Å²) in [4.78, 5) is 26.0. The summed E-state index contributed by atoms with van der Waals surface area (Å²) in [5, 5.41) is 4.65. The minimum Gasteiger partial charge on any atom is -0.397 e. The molecule has 1 aromatic rings. The molecular formula is C14H21N3O2S. The van der Waals surface area contributed by atoms with Crippen molar-refractivity contribution in [1.29, 1.82) is 0 Å². The topological polar surface area (TPSA) is 75.4 Å². The summed E-state index contributed by atoms with van der Waals surface area (Å²) >= 11 is 1.40. The molecular weight excluding hydrogens is 274 g/mol. The summed E-state index contributed by atoms with van der Waals surface area (Å²) in [6.45, 7) is 2.90. The van der Waals surface area contributed by atoms with Crippen LogP contribution in [0.25, 0.3) is 0 Å². The van der Waals surface area contributed by atoms with E-state index in [9.17, 15) is 9.59 Å². The Morgan fingerprint density at radius 1 is 1.50 bits per heavy atom. The van der Waals surface area contributed by atoms with Gasteiger partial charge in [0.15, 0.2) is 0 Å². The molecule has 5 nitrogen and oxygen atoms in total. The van der Waals surface area contributed by atoms with Gasteiger partial charge in [-0.15, -0.1) is 11.3 Å². The number of nitrogen functional groups attached to an aromatic ring is 1. The predicted octanol–water partition coefficient (Wildman–Crippen LogP) is 1.85. The highest BCUT2D eigenvalue weighted by Gasteiger charge is 2.28. The second kappa shape index (κ2) is 6.74. The number of piperidine rings is 1. The van der Waals surface area contributed by atoms with Gasteiger partial charge in [-0.25, -0.2) is 0 Å². The fourth-order valence-electron chi connectivity index (χ4n) is 2.61. The first-order chi connectivity index (χ1) is 9.59. The molecule has 2 rings (SSSR count). The number of amides is 2. The summed E-state index contributed by atoms with van der Waals surface area (Å²) in [5.74, 6) is 0.00575. The number of hydrogen-bond acceptors (Lipinski definition) is 4. The van der Waals surface area contributed by atoms with Crippen molar-refractivity contribution in [2.45, 2.75) is 38.6 Å². The molecule has 1 aliphatic rings. The predicted molar refractivity (Wildman–Crippen MR) is 80.7 cm³/mol. The summed E-state index contributed by atoms with van der Waals surface area (Å²) < 4.78 is 0. The fraction of sp³-hybridized carbons (Fsp3) is 0.571. The highest BCUT2D eigenvalue weighted by atomic mass is 32.1. The lowest BCUT2D eigenvalue weighted by Gasteiger charge is -2.35. The van der Waals surface area contributed by atoms with Crippen LogP contribution in [0.2, 0.25) is 0 Å². The Kier molecular flexibility index (Phi) is 5.00. The monoisotopic (exact) mass is 295 g/mol. The van der Waals surface area contributed by atoms with E-state index in [2.05, 4.69) is 5.32 Å². The Morgan fingerprint density at radius 2 is 2.30 bits per heavy atom. The van der Waals surface area contributed by atoms with E-state index in [0.29, 0.717) is 17.1 Å². The number of nitrogens with two attached hydrogens (primary N) is 1. The molecule has 2 heterocycles. The summed E-state index contributed by atoms with van der Waals surface area (Å²) in [6, 6.07) is 1.97.